The van der Waals surface area contributed by atoms with Crippen LogP contribution < -0.4 is 0 Å². The van der Waals surface area contributed by atoms with E-state index in [1.54, 1.807) is 22.9 Å². The fourth-order valence-electron chi connectivity index (χ4n) is 3.18. The number of ether oxygens (including phenoxy) is 1. The van der Waals surface area contributed by atoms with Gasteiger partial charge in [-0.25, -0.2) is 4.79 Å². The minimum absolute atomic E-state index is 0.104. The van der Waals surface area contributed by atoms with Crippen LogP contribution in [0.5, 0.6) is 0 Å². The number of hydrogen-bond donors (Lipinski definition) is 1. The third-order valence-corrected chi connectivity index (χ3v) is 4.41. The molecule has 2 aliphatic heterocycles. The molecule has 1 aromatic heterocycles. The molecule has 7 nitrogen and oxygen atoms in total. The quantitative estimate of drug-likeness (QED) is 0.900. The average molecular weight is 306 g/mol. The Hall–Kier alpha value is -2.05. The SMILES string of the molecule is CC(C)c1cc(C(=O)N2CCCC3(CN(C)C(=O)O3)C2)n[nH]1. The number of nitrogens with one attached hydrogen (secondary N) is 1. The number of aromatic nitrogens is 2. The lowest BCUT2D eigenvalue weighted by Gasteiger charge is -2.38. The molecule has 2 fully saturated rings. The maximum absolute atomic E-state index is 12.6. The third kappa shape index (κ3) is 2.55. The van der Waals surface area contributed by atoms with Crippen LogP contribution in [0.4, 0.5) is 4.79 Å². The van der Waals surface area contributed by atoms with Crippen molar-refractivity contribution in [3.05, 3.63) is 17.5 Å². The van der Waals surface area contributed by atoms with E-state index in [1.807, 2.05) is 13.8 Å². The number of H-pyrrole nitrogens is 1. The number of piperidine rings is 1. The van der Waals surface area contributed by atoms with Crippen LogP contribution in [0.3, 0.4) is 0 Å². The highest BCUT2D eigenvalue weighted by Crippen LogP contribution is 2.31. The lowest BCUT2D eigenvalue weighted by molar-refractivity contribution is -0.00541. The number of nitrogens with zero attached hydrogens (tertiary/aromatic N) is 3. The van der Waals surface area contributed by atoms with Gasteiger partial charge in [0.2, 0.25) is 0 Å². The maximum Gasteiger partial charge on any atom is 0.410 e. The average Bonchev–Trinajstić information content (AvgIpc) is 3.05. The summed E-state index contributed by atoms with van der Waals surface area (Å²) in [6, 6.07) is 1.81. The number of rotatable bonds is 2. The molecule has 2 saturated heterocycles. The Balaban J connectivity index is 1.74. The predicted octanol–water partition coefficient (Wildman–Crippen LogP) is 1.59. The predicted molar refractivity (Wildman–Crippen MR) is 79.7 cm³/mol. The molecule has 2 aliphatic rings. The second-order valence-corrected chi connectivity index (χ2v) is 6.60. The van der Waals surface area contributed by atoms with Crippen molar-refractivity contribution in [2.24, 2.45) is 0 Å². The van der Waals surface area contributed by atoms with Gasteiger partial charge in [-0.15, -0.1) is 0 Å². The molecule has 1 N–H and O–H groups in total. The minimum atomic E-state index is -0.559. The lowest BCUT2D eigenvalue weighted by atomic mass is 9.92. The molecule has 0 aliphatic carbocycles. The van der Waals surface area contributed by atoms with Gasteiger partial charge in [0.05, 0.1) is 13.1 Å². The maximum atomic E-state index is 12.6. The summed E-state index contributed by atoms with van der Waals surface area (Å²) in [4.78, 5) is 27.6. The summed E-state index contributed by atoms with van der Waals surface area (Å²) in [6.45, 7) is 5.74. The number of amides is 2. The van der Waals surface area contributed by atoms with Crippen LogP contribution >= 0.6 is 0 Å². The molecule has 120 valence electrons. The van der Waals surface area contributed by atoms with Crippen molar-refractivity contribution in [3.63, 3.8) is 0 Å². The molecule has 0 saturated carbocycles. The molecule has 1 aromatic rings. The fourth-order valence-corrected chi connectivity index (χ4v) is 3.18. The Morgan fingerprint density at radius 2 is 2.23 bits per heavy atom. The summed E-state index contributed by atoms with van der Waals surface area (Å²) in [5, 5.41) is 7.03. The van der Waals surface area contributed by atoms with Gasteiger partial charge in [-0.2, -0.15) is 5.10 Å². The standard InChI is InChI=1S/C15H22N4O3/c1-10(2)11-7-12(17-16-11)13(20)19-6-4-5-15(9-19)8-18(3)14(21)22-15/h7,10H,4-6,8-9H2,1-3H3,(H,16,17). The number of aromatic amines is 1. The second-order valence-electron chi connectivity index (χ2n) is 6.60. The summed E-state index contributed by atoms with van der Waals surface area (Å²) < 4.78 is 5.53. The summed E-state index contributed by atoms with van der Waals surface area (Å²) in [6.07, 6.45) is 1.31. The van der Waals surface area contributed by atoms with Crippen LogP contribution in [0.25, 0.3) is 0 Å². The van der Waals surface area contributed by atoms with E-state index in [2.05, 4.69) is 10.2 Å². The first-order valence-corrected chi connectivity index (χ1v) is 7.69. The Morgan fingerprint density at radius 3 is 2.82 bits per heavy atom. The molecule has 1 atom stereocenters. The van der Waals surface area contributed by atoms with E-state index < -0.39 is 5.60 Å². The molecular weight excluding hydrogens is 284 g/mol. The number of carbonyl (C=O) groups excluding carboxylic acids is 2. The molecule has 7 heteroatoms. The highest BCUT2D eigenvalue weighted by Gasteiger charge is 2.47. The van der Waals surface area contributed by atoms with E-state index in [1.165, 1.54) is 0 Å². The highest BCUT2D eigenvalue weighted by molar-refractivity contribution is 5.92. The Kier molecular flexibility index (Phi) is 3.58. The molecule has 0 bridgehead atoms. The zero-order valence-electron chi connectivity index (χ0n) is 13.3. The lowest BCUT2D eigenvalue weighted by Crippen LogP contribution is -2.52. The highest BCUT2D eigenvalue weighted by atomic mass is 16.6. The molecule has 0 aromatic carbocycles. The summed E-state index contributed by atoms with van der Waals surface area (Å²) >= 11 is 0. The van der Waals surface area contributed by atoms with Gasteiger partial charge in [0.1, 0.15) is 11.3 Å². The number of carbonyl (C=O) groups is 2. The fraction of sp³-hybridized carbons (Fsp3) is 0.667. The van der Waals surface area contributed by atoms with Gasteiger partial charge in [-0.1, -0.05) is 13.8 Å². The molecule has 1 spiro atoms. The van der Waals surface area contributed by atoms with Gasteiger partial charge in [-0.05, 0) is 24.8 Å². The Bertz CT molecular complexity index is 597. The minimum Gasteiger partial charge on any atom is -0.439 e. The summed E-state index contributed by atoms with van der Waals surface area (Å²) in [5.74, 6) is 0.194. The topological polar surface area (TPSA) is 78.5 Å². The van der Waals surface area contributed by atoms with Crippen LogP contribution in [0.1, 0.15) is 48.8 Å². The van der Waals surface area contributed by atoms with Crippen molar-refractivity contribution in [1.82, 2.24) is 20.0 Å². The van der Waals surface area contributed by atoms with Crippen molar-refractivity contribution in [2.45, 2.75) is 38.2 Å². The Morgan fingerprint density at radius 1 is 1.45 bits per heavy atom. The normalized spacial score (nSPS) is 25.2. The van der Waals surface area contributed by atoms with Crippen LogP contribution in [-0.2, 0) is 4.74 Å². The van der Waals surface area contributed by atoms with Gasteiger partial charge in [0.15, 0.2) is 0 Å². The van der Waals surface area contributed by atoms with Crippen molar-refractivity contribution in [1.29, 1.82) is 0 Å². The first-order valence-electron chi connectivity index (χ1n) is 7.69. The first kappa shape index (κ1) is 14.9. The van der Waals surface area contributed by atoms with Gasteiger partial charge in [-0.3, -0.25) is 9.89 Å². The molecule has 3 heterocycles. The van der Waals surface area contributed by atoms with Crippen molar-refractivity contribution in [3.8, 4) is 0 Å². The van der Waals surface area contributed by atoms with Crippen molar-refractivity contribution >= 4 is 12.0 Å². The van der Waals surface area contributed by atoms with Gasteiger partial charge >= 0.3 is 6.09 Å². The second kappa shape index (κ2) is 5.30. The molecular formula is C15H22N4O3. The molecule has 2 amide bonds. The number of likely N-dealkylation sites (N-methyl/N-ethyl adjacent to an activating group) is 1. The molecule has 3 rings (SSSR count). The van der Waals surface area contributed by atoms with E-state index in [0.29, 0.717) is 31.2 Å². The van der Waals surface area contributed by atoms with E-state index in [4.69, 9.17) is 4.74 Å². The van der Waals surface area contributed by atoms with E-state index in [0.717, 1.165) is 18.5 Å². The number of likely N-dealkylation sites (tertiary alicyclic amines) is 1. The van der Waals surface area contributed by atoms with Crippen LogP contribution in [0.2, 0.25) is 0 Å². The molecule has 1 unspecified atom stereocenters. The zero-order chi connectivity index (χ0) is 15.9. The third-order valence-electron chi connectivity index (χ3n) is 4.41. The van der Waals surface area contributed by atoms with Gasteiger partial charge in [0.25, 0.3) is 5.91 Å². The largest absolute Gasteiger partial charge is 0.439 e. The van der Waals surface area contributed by atoms with E-state index in [9.17, 15) is 9.59 Å². The summed E-state index contributed by atoms with van der Waals surface area (Å²) in [7, 11) is 1.72. The molecule has 22 heavy (non-hydrogen) atoms. The smallest absolute Gasteiger partial charge is 0.410 e. The van der Waals surface area contributed by atoms with E-state index in [-0.39, 0.29) is 12.0 Å². The van der Waals surface area contributed by atoms with E-state index >= 15 is 0 Å². The van der Waals surface area contributed by atoms with Crippen molar-refractivity contribution in [2.75, 3.05) is 26.7 Å². The van der Waals surface area contributed by atoms with Crippen molar-refractivity contribution < 1.29 is 14.3 Å². The van der Waals surface area contributed by atoms with Crippen LogP contribution in [-0.4, -0.2) is 64.3 Å². The monoisotopic (exact) mass is 306 g/mol. The van der Waals surface area contributed by atoms with Crippen LogP contribution in [0.15, 0.2) is 6.07 Å². The van der Waals surface area contributed by atoms with Crippen LogP contribution in [0, 0.1) is 0 Å². The van der Waals surface area contributed by atoms with Gasteiger partial charge in [0, 0.05) is 19.3 Å². The first-order chi connectivity index (χ1) is 10.4. The summed E-state index contributed by atoms with van der Waals surface area (Å²) in [5.41, 5.74) is 0.817. The number of hydrogen-bond acceptors (Lipinski definition) is 4. The molecule has 0 radical (unpaired) electrons. The zero-order valence-corrected chi connectivity index (χ0v) is 13.3. The Labute approximate surface area is 129 Å². The van der Waals surface area contributed by atoms with Gasteiger partial charge < -0.3 is 14.5 Å².